The van der Waals surface area contributed by atoms with E-state index < -0.39 is 0 Å². The maximum atomic E-state index is 12.0. The van der Waals surface area contributed by atoms with Gasteiger partial charge in [0.25, 0.3) is 0 Å². The number of nitriles is 1. The van der Waals surface area contributed by atoms with E-state index in [1.165, 1.54) is 0 Å². The third-order valence-corrected chi connectivity index (χ3v) is 4.91. The summed E-state index contributed by atoms with van der Waals surface area (Å²) < 4.78 is 0. The molecule has 0 aromatic carbocycles. The Morgan fingerprint density at radius 2 is 2.18 bits per heavy atom. The average molecular weight is 298 g/mol. The van der Waals surface area contributed by atoms with Gasteiger partial charge in [0.15, 0.2) is 0 Å². The van der Waals surface area contributed by atoms with Gasteiger partial charge in [0, 0.05) is 31.2 Å². The van der Waals surface area contributed by atoms with Crippen LogP contribution >= 0.6 is 0 Å². The van der Waals surface area contributed by atoms with Gasteiger partial charge in [-0.2, -0.15) is 5.26 Å². The van der Waals surface area contributed by atoms with E-state index in [-0.39, 0.29) is 11.3 Å². The fourth-order valence-electron chi connectivity index (χ4n) is 2.87. The first-order chi connectivity index (χ1) is 10.6. The highest BCUT2D eigenvalue weighted by atomic mass is 16.2. The molecule has 0 spiro atoms. The van der Waals surface area contributed by atoms with Gasteiger partial charge in [0.1, 0.15) is 11.9 Å². The Labute approximate surface area is 131 Å². The molecule has 5 nitrogen and oxygen atoms in total. The molecule has 5 heteroatoms. The highest BCUT2D eigenvalue weighted by Crippen LogP contribution is 2.45. The van der Waals surface area contributed by atoms with Gasteiger partial charge in [-0.3, -0.25) is 4.79 Å². The molecule has 22 heavy (non-hydrogen) atoms. The van der Waals surface area contributed by atoms with Crippen LogP contribution in [-0.4, -0.2) is 30.5 Å². The molecule has 2 aliphatic rings. The maximum absolute atomic E-state index is 12.0. The summed E-state index contributed by atoms with van der Waals surface area (Å²) >= 11 is 0. The molecule has 1 aromatic rings. The quantitative estimate of drug-likeness (QED) is 0.924. The van der Waals surface area contributed by atoms with Crippen molar-refractivity contribution in [2.24, 2.45) is 11.3 Å². The Hall–Kier alpha value is -2.09. The summed E-state index contributed by atoms with van der Waals surface area (Å²) in [5.41, 5.74) is 0.516. The third-order valence-electron chi connectivity index (χ3n) is 4.91. The molecule has 2 heterocycles. The number of hydrogen-bond donors (Lipinski definition) is 1. The zero-order valence-electron chi connectivity index (χ0n) is 13.0. The molecule has 1 saturated carbocycles. The second-order valence-electron chi connectivity index (χ2n) is 6.72. The Kier molecular flexibility index (Phi) is 4.02. The van der Waals surface area contributed by atoms with Crippen LogP contribution in [0.4, 0.5) is 5.82 Å². The number of nitrogens with zero attached hydrogens (tertiary/aromatic N) is 3. The minimum absolute atomic E-state index is 0.0763. The number of hydrogen-bond acceptors (Lipinski definition) is 4. The predicted molar refractivity (Wildman–Crippen MR) is 84.2 cm³/mol. The lowest BCUT2D eigenvalue weighted by Gasteiger charge is -2.33. The number of amides is 1. The van der Waals surface area contributed by atoms with Gasteiger partial charge in [-0.15, -0.1) is 0 Å². The Bertz CT molecular complexity index is 578. The van der Waals surface area contributed by atoms with Gasteiger partial charge in [-0.1, -0.05) is 6.92 Å². The van der Waals surface area contributed by atoms with Crippen LogP contribution in [0.25, 0.3) is 0 Å². The largest absolute Gasteiger partial charge is 0.357 e. The van der Waals surface area contributed by atoms with Gasteiger partial charge < -0.3 is 10.2 Å². The molecule has 2 fully saturated rings. The number of pyridine rings is 1. The van der Waals surface area contributed by atoms with Crippen molar-refractivity contribution in [1.29, 1.82) is 5.26 Å². The van der Waals surface area contributed by atoms with Crippen LogP contribution in [-0.2, 0) is 4.79 Å². The molecule has 1 N–H and O–H groups in total. The van der Waals surface area contributed by atoms with Crippen LogP contribution in [0.1, 0.15) is 38.2 Å². The van der Waals surface area contributed by atoms with Crippen molar-refractivity contribution >= 4 is 11.7 Å². The third kappa shape index (κ3) is 3.22. The summed E-state index contributed by atoms with van der Waals surface area (Å²) in [6.45, 7) is 4.75. The normalized spacial score (nSPS) is 20.3. The van der Waals surface area contributed by atoms with Crippen molar-refractivity contribution in [3.8, 4) is 6.07 Å². The number of rotatable bonds is 4. The molecule has 1 aliphatic heterocycles. The molecule has 0 bridgehead atoms. The van der Waals surface area contributed by atoms with Gasteiger partial charge in [-0.05, 0) is 43.7 Å². The summed E-state index contributed by atoms with van der Waals surface area (Å²) in [4.78, 5) is 18.6. The monoisotopic (exact) mass is 298 g/mol. The van der Waals surface area contributed by atoms with Crippen LogP contribution in [0.5, 0.6) is 0 Å². The molecular formula is C17H22N4O. The first kappa shape index (κ1) is 14.8. The molecule has 1 amide bonds. The number of anilines is 1. The van der Waals surface area contributed by atoms with Crippen molar-refractivity contribution in [3.63, 3.8) is 0 Å². The highest BCUT2D eigenvalue weighted by molar-refractivity contribution is 5.84. The lowest BCUT2D eigenvalue weighted by Crippen LogP contribution is -2.40. The SMILES string of the molecule is CC1(C(=O)NCC2CCN(c3ccc(C#N)cn3)CC2)CC1. The Morgan fingerprint density at radius 1 is 1.45 bits per heavy atom. The number of carbonyl (C=O) groups excluding carboxylic acids is 1. The first-order valence-electron chi connectivity index (χ1n) is 8.00. The average Bonchev–Trinajstić information content (AvgIpc) is 3.32. The van der Waals surface area contributed by atoms with Crippen molar-refractivity contribution in [1.82, 2.24) is 10.3 Å². The van der Waals surface area contributed by atoms with Crippen LogP contribution in [0.3, 0.4) is 0 Å². The number of aromatic nitrogens is 1. The first-order valence-corrected chi connectivity index (χ1v) is 8.00. The van der Waals surface area contributed by atoms with Crippen molar-refractivity contribution < 1.29 is 4.79 Å². The minimum atomic E-state index is -0.0763. The maximum Gasteiger partial charge on any atom is 0.225 e. The predicted octanol–water partition coefficient (Wildman–Crippen LogP) is 2.09. The zero-order valence-corrected chi connectivity index (χ0v) is 13.0. The number of carbonyl (C=O) groups is 1. The van der Waals surface area contributed by atoms with E-state index in [0.29, 0.717) is 11.5 Å². The van der Waals surface area contributed by atoms with Crippen molar-refractivity contribution in [2.45, 2.75) is 32.6 Å². The highest BCUT2D eigenvalue weighted by Gasteiger charge is 2.44. The van der Waals surface area contributed by atoms with Crippen LogP contribution in [0.15, 0.2) is 18.3 Å². The molecule has 1 saturated heterocycles. The van der Waals surface area contributed by atoms with E-state index in [4.69, 9.17) is 5.26 Å². The second-order valence-corrected chi connectivity index (χ2v) is 6.72. The summed E-state index contributed by atoms with van der Waals surface area (Å²) in [5, 5.41) is 11.9. The summed E-state index contributed by atoms with van der Waals surface area (Å²) in [5.74, 6) is 1.72. The molecule has 1 aliphatic carbocycles. The molecule has 116 valence electrons. The molecule has 0 radical (unpaired) electrons. The van der Waals surface area contributed by atoms with E-state index >= 15 is 0 Å². The summed E-state index contributed by atoms with van der Waals surface area (Å²) in [6, 6.07) is 5.81. The van der Waals surface area contributed by atoms with Crippen LogP contribution < -0.4 is 10.2 Å². The smallest absolute Gasteiger partial charge is 0.225 e. The van der Waals surface area contributed by atoms with E-state index in [2.05, 4.69) is 21.3 Å². The van der Waals surface area contributed by atoms with E-state index in [1.54, 1.807) is 6.20 Å². The van der Waals surface area contributed by atoms with Crippen LogP contribution in [0.2, 0.25) is 0 Å². The Morgan fingerprint density at radius 3 is 2.73 bits per heavy atom. The van der Waals surface area contributed by atoms with Crippen molar-refractivity contribution in [2.75, 3.05) is 24.5 Å². The van der Waals surface area contributed by atoms with Gasteiger partial charge in [-0.25, -0.2) is 4.98 Å². The zero-order chi connectivity index (χ0) is 15.6. The molecular weight excluding hydrogens is 276 g/mol. The Balaban J connectivity index is 1.45. The number of nitrogens with one attached hydrogen (secondary N) is 1. The molecule has 0 unspecified atom stereocenters. The molecule has 3 rings (SSSR count). The van der Waals surface area contributed by atoms with Gasteiger partial charge in [0.2, 0.25) is 5.91 Å². The molecule has 1 aromatic heterocycles. The van der Waals surface area contributed by atoms with E-state index in [0.717, 1.165) is 51.1 Å². The lowest BCUT2D eigenvalue weighted by molar-refractivity contribution is -0.125. The fourth-order valence-corrected chi connectivity index (χ4v) is 2.87. The van der Waals surface area contributed by atoms with Crippen LogP contribution in [0, 0.1) is 22.7 Å². The lowest BCUT2D eigenvalue weighted by atomic mass is 9.96. The minimum Gasteiger partial charge on any atom is -0.357 e. The topological polar surface area (TPSA) is 69.0 Å². The van der Waals surface area contributed by atoms with E-state index in [9.17, 15) is 4.79 Å². The van der Waals surface area contributed by atoms with E-state index in [1.807, 2.05) is 19.1 Å². The van der Waals surface area contributed by atoms with Crippen molar-refractivity contribution in [3.05, 3.63) is 23.9 Å². The molecule has 0 atom stereocenters. The fraction of sp³-hybridized carbons (Fsp3) is 0.588. The standard InChI is InChI=1S/C17H22N4O/c1-17(6-7-17)16(22)20-11-13-4-8-21(9-5-13)15-3-2-14(10-18)12-19-15/h2-3,12-13H,4-9,11H2,1H3,(H,20,22). The summed E-state index contributed by atoms with van der Waals surface area (Å²) in [7, 11) is 0. The summed E-state index contributed by atoms with van der Waals surface area (Å²) in [6.07, 6.45) is 5.82. The van der Waals surface area contributed by atoms with Gasteiger partial charge in [0.05, 0.1) is 5.56 Å². The second kappa shape index (κ2) is 5.96. The van der Waals surface area contributed by atoms with Gasteiger partial charge >= 0.3 is 0 Å². The number of piperidine rings is 1.